The van der Waals surface area contributed by atoms with Crippen LogP contribution < -0.4 is 5.32 Å². The molecule has 2 aromatic carbocycles. The molecule has 0 spiro atoms. The van der Waals surface area contributed by atoms with Gasteiger partial charge in [-0.15, -0.1) is 0 Å². The molecule has 1 amide bonds. The Morgan fingerprint density at radius 2 is 1.74 bits per heavy atom. The number of hydrogen-bond donors (Lipinski definition) is 1. The van der Waals surface area contributed by atoms with Crippen molar-refractivity contribution < 1.29 is 4.79 Å². The molecule has 2 heteroatoms. The van der Waals surface area contributed by atoms with Crippen LogP contribution in [0.4, 0.5) is 0 Å². The topological polar surface area (TPSA) is 29.1 Å². The lowest BCUT2D eigenvalue weighted by Gasteiger charge is -2.07. The van der Waals surface area contributed by atoms with Crippen LogP contribution in [0.1, 0.15) is 16.7 Å². The van der Waals surface area contributed by atoms with Gasteiger partial charge in [-0.2, -0.15) is 0 Å². The molecule has 0 heterocycles. The maximum atomic E-state index is 11.7. The average molecular weight is 252 g/mol. The number of amides is 1. The highest BCUT2D eigenvalue weighted by molar-refractivity contribution is 5.84. The van der Waals surface area contributed by atoms with Crippen molar-refractivity contribution in [3.63, 3.8) is 0 Å². The lowest BCUT2D eigenvalue weighted by molar-refractivity contribution is -0.118. The highest BCUT2D eigenvalue weighted by atomic mass is 16.1. The Hall–Kier alpha value is -2.09. The monoisotopic (exact) mass is 252 g/mol. The SMILES string of the molecule is Cc1ccccc1CNC(=O)[CH]Cc1ccccc1. The molecule has 0 aliphatic rings. The van der Waals surface area contributed by atoms with Crippen LogP contribution in [0.5, 0.6) is 0 Å². The molecule has 0 aliphatic heterocycles. The summed E-state index contributed by atoms with van der Waals surface area (Å²) in [6.45, 7) is 2.63. The van der Waals surface area contributed by atoms with Gasteiger partial charge in [-0.3, -0.25) is 4.79 Å². The Labute approximate surface area is 114 Å². The molecule has 0 fully saturated rings. The van der Waals surface area contributed by atoms with Gasteiger partial charge in [0.1, 0.15) is 0 Å². The summed E-state index contributed by atoms with van der Waals surface area (Å²) >= 11 is 0. The van der Waals surface area contributed by atoms with Gasteiger partial charge in [0.05, 0.1) is 6.42 Å². The van der Waals surface area contributed by atoms with Gasteiger partial charge >= 0.3 is 0 Å². The fraction of sp³-hybridized carbons (Fsp3) is 0.176. The zero-order valence-corrected chi connectivity index (χ0v) is 11.1. The Bertz CT molecular complexity index is 534. The highest BCUT2D eigenvalue weighted by Crippen LogP contribution is 2.06. The number of rotatable bonds is 5. The van der Waals surface area contributed by atoms with Crippen LogP contribution in [0.15, 0.2) is 54.6 Å². The van der Waals surface area contributed by atoms with Crippen molar-refractivity contribution in [2.75, 3.05) is 0 Å². The third-order valence-corrected chi connectivity index (χ3v) is 3.08. The molecule has 0 aromatic heterocycles. The van der Waals surface area contributed by atoms with Crippen LogP contribution in [-0.2, 0) is 17.8 Å². The standard InChI is InChI=1S/C17H18NO/c1-14-7-5-6-10-16(14)13-18-17(19)12-11-15-8-3-2-4-9-15/h2-10,12H,11,13H2,1H3,(H,18,19). The lowest BCUT2D eigenvalue weighted by Crippen LogP contribution is -2.23. The Morgan fingerprint density at radius 3 is 2.47 bits per heavy atom. The molecule has 0 bridgehead atoms. The number of hydrogen-bond acceptors (Lipinski definition) is 1. The first-order valence-electron chi connectivity index (χ1n) is 6.45. The van der Waals surface area contributed by atoms with Crippen LogP contribution in [0.3, 0.4) is 0 Å². The van der Waals surface area contributed by atoms with Crippen molar-refractivity contribution >= 4 is 5.91 Å². The quantitative estimate of drug-likeness (QED) is 0.870. The summed E-state index contributed by atoms with van der Waals surface area (Å²) < 4.78 is 0. The first-order chi connectivity index (χ1) is 9.25. The van der Waals surface area contributed by atoms with Gasteiger partial charge in [0.25, 0.3) is 0 Å². The largest absolute Gasteiger partial charge is 0.352 e. The van der Waals surface area contributed by atoms with Crippen molar-refractivity contribution in [2.24, 2.45) is 0 Å². The molecule has 0 unspecified atom stereocenters. The molecule has 0 atom stereocenters. The van der Waals surface area contributed by atoms with E-state index in [2.05, 4.69) is 18.3 Å². The number of carbonyl (C=O) groups excluding carboxylic acids is 1. The molecular weight excluding hydrogens is 234 g/mol. The van der Waals surface area contributed by atoms with Crippen LogP contribution in [0.25, 0.3) is 0 Å². The summed E-state index contributed by atoms with van der Waals surface area (Å²) in [6, 6.07) is 18.0. The average Bonchev–Trinajstić information content (AvgIpc) is 2.45. The molecule has 0 saturated carbocycles. The first kappa shape index (κ1) is 13.3. The van der Waals surface area contributed by atoms with Crippen molar-refractivity contribution in [2.45, 2.75) is 19.9 Å². The predicted octanol–water partition coefficient (Wildman–Crippen LogP) is 3.06. The molecule has 2 rings (SSSR count). The molecule has 2 aromatic rings. The Morgan fingerprint density at radius 1 is 1.05 bits per heavy atom. The normalized spacial score (nSPS) is 10.2. The summed E-state index contributed by atoms with van der Waals surface area (Å²) in [4.78, 5) is 11.7. The van der Waals surface area contributed by atoms with E-state index < -0.39 is 0 Å². The van der Waals surface area contributed by atoms with E-state index in [0.717, 1.165) is 11.1 Å². The van der Waals surface area contributed by atoms with Gasteiger partial charge in [-0.25, -0.2) is 0 Å². The zero-order chi connectivity index (χ0) is 13.5. The van der Waals surface area contributed by atoms with Crippen LogP contribution >= 0.6 is 0 Å². The molecule has 97 valence electrons. The minimum absolute atomic E-state index is 0.0212. The third kappa shape index (κ3) is 4.25. The molecule has 19 heavy (non-hydrogen) atoms. The fourth-order valence-corrected chi connectivity index (χ4v) is 1.89. The van der Waals surface area contributed by atoms with Crippen molar-refractivity contribution in [1.29, 1.82) is 0 Å². The fourth-order valence-electron chi connectivity index (χ4n) is 1.89. The van der Waals surface area contributed by atoms with Gasteiger partial charge in [-0.1, -0.05) is 54.6 Å². The van der Waals surface area contributed by atoms with Gasteiger partial charge in [-0.05, 0) is 30.0 Å². The molecule has 0 saturated heterocycles. The maximum absolute atomic E-state index is 11.7. The Kier molecular flexibility index (Phi) is 4.73. The minimum Gasteiger partial charge on any atom is -0.352 e. The summed E-state index contributed by atoms with van der Waals surface area (Å²) in [5, 5.41) is 2.92. The second-order valence-electron chi connectivity index (χ2n) is 4.54. The molecule has 0 aliphatic carbocycles. The lowest BCUT2D eigenvalue weighted by atomic mass is 10.1. The van der Waals surface area contributed by atoms with E-state index in [0.29, 0.717) is 13.0 Å². The minimum atomic E-state index is -0.0212. The van der Waals surface area contributed by atoms with E-state index in [4.69, 9.17) is 0 Å². The van der Waals surface area contributed by atoms with E-state index in [-0.39, 0.29) is 5.91 Å². The van der Waals surface area contributed by atoms with Crippen molar-refractivity contribution in [3.8, 4) is 0 Å². The second-order valence-corrected chi connectivity index (χ2v) is 4.54. The third-order valence-electron chi connectivity index (χ3n) is 3.08. The van der Waals surface area contributed by atoms with Crippen LogP contribution in [0, 0.1) is 13.3 Å². The number of nitrogens with one attached hydrogen (secondary N) is 1. The van der Waals surface area contributed by atoms with Crippen molar-refractivity contribution in [1.82, 2.24) is 5.32 Å². The molecule has 2 nitrogen and oxygen atoms in total. The Balaban J connectivity index is 1.78. The number of aryl methyl sites for hydroxylation is 1. The summed E-state index contributed by atoms with van der Waals surface area (Å²) in [6.07, 6.45) is 2.36. The van der Waals surface area contributed by atoms with E-state index in [1.165, 1.54) is 5.56 Å². The second kappa shape index (κ2) is 6.74. The van der Waals surface area contributed by atoms with Crippen LogP contribution in [0.2, 0.25) is 0 Å². The maximum Gasteiger partial charge on any atom is 0.224 e. The smallest absolute Gasteiger partial charge is 0.224 e. The molecular formula is C17H18NO. The van der Waals surface area contributed by atoms with E-state index in [1.54, 1.807) is 6.42 Å². The van der Waals surface area contributed by atoms with Crippen molar-refractivity contribution in [3.05, 3.63) is 77.7 Å². The zero-order valence-electron chi connectivity index (χ0n) is 11.1. The van der Waals surface area contributed by atoms with Crippen LogP contribution in [-0.4, -0.2) is 5.91 Å². The van der Waals surface area contributed by atoms with Gasteiger partial charge in [0, 0.05) is 6.54 Å². The number of carbonyl (C=O) groups is 1. The highest BCUT2D eigenvalue weighted by Gasteiger charge is 2.03. The summed E-state index contributed by atoms with van der Waals surface area (Å²) in [7, 11) is 0. The first-order valence-corrected chi connectivity index (χ1v) is 6.45. The van der Waals surface area contributed by atoms with E-state index in [1.807, 2.05) is 48.5 Å². The predicted molar refractivity (Wildman–Crippen MR) is 77.5 cm³/mol. The van der Waals surface area contributed by atoms with E-state index >= 15 is 0 Å². The number of benzene rings is 2. The van der Waals surface area contributed by atoms with Gasteiger partial charge in [0.15, 0.2) is 0 Å². The van der Waals surface area contributed by atoms with E-state index in [9.17, 15) is 4.79 Å². The molecule has 1 N–H and O–H groups in total. The summed E-state index contributed by atoms with van der Waals surface area (Å²) in [5.41, 5.74) is 3.50. The van der Waals surface area contributed by atoms with Gasteiger partial charge < -0.3 is 5.32 Å². The van der Waals surface area contributed by atoms with Gasteiger partial charge in [0.2, 0.25) is 5.91 Å². The molecule has 1 radical (unpaired) electrons. The summed E-state index contributed by atoms with van der Waals surface area (Å²) in [5.74, 6) is -0.0212.